The maximum atomic E-state index is 13.0. The molecule has 2 aliphatic heterocycles. The number of Topliss-reactive ketones (excluding diaryl/α,β-unsaturated/α-hetero) is 1. The number of hydrogen-bond donors (Lipinski definition) is 0. The molecular formula is C26H31N5O4. The Hall–Kier alpha value is -3.62. The third-order valence-electron chi connectivity index (χ3n) is 6.52. The van der Waals surface area contributed by atoms with Crippen molar-refractivity contribution < 1.29 is 19.1 Å². The molecule has 0 saturated carbocycles. The van der Waals surface area contributed by atoms with Crippen LogP contribution >= 0.6 is 0 Å². The summed E-state index contributed by atoms with van der Waals surface area (Å²) in [6.45, 7) is 7.96. The Morgan fingerprint density at radius 2 is 1.74 bits per heavy atom. The minimum Gasteiger partial charge on any atom is -0.497 e. The highest BCUT2D eigenvalue weighted by Gasteiger charge is 2.37. The molecule has 1 fully saturated rings. The van der Waals surface area contributed by atoms with Gasteiger partial charge in [-0.15, -0.1) is 0 Å². The molecule has 0 unspecified atom stereocenters. The van der Waals surface area contributed by atoms with Crippen molar-refractivity contribution in [3.05, 3.63) is 53.3 Å². The van der Waals surface area contributed by atoms with E-state index in [1.54, 1.807) is 18.2 Å². The zero-order chi connectivity index (χ0) is 24.7. The average Bonchev–Trinajstić information content (AvgIpc) is 3.15. The molecule has 9 nitrogen and oxygen atoms in total. The fourth-order valence-electron chi connectivity index (χ4n) is 4.71. The number of hydrogen-bond acceptors (Lipinski definition) is 7. The van der Waals surface area contributed by atoms with Gasteiger partial charge in [0.2, 0.25) is 0 Å². The van der Waals surface area contributed by atoms with Crippen LogP contribution in [0.25, 0.3) is 5.65 Å². The lowest BCUT2D eigenvalue weighted by Gasteiger charge is -2.41. The van der Waals surface area contributed by atoms with Crippen LogP contribution in [0.2, 0.25) is 0 Å². The number of methoxy groups -OCH3 is 1. The number of benzene rings is 1. The highest BCUT2D eigenvalue weighted by Crippen LogP contribution is 2.33. The van der Waals surface area contributed by atoms with E-state index in [0.717, 1.165) is 28.5 Å². The molecule has 184 valence electrons. The van der Waals surface area contributed by atoms with Crippen LogP contribution in [0.15, 0.2) is 36.5 Å². The second kappa shape index (κ2) is 8.87. The Kier molecular flexibility index (Phi) is 5.86. The van der Waals surface area contributed by atoms with Crippen LogP contribution < -0.4 is 9.64 Å². The van der Waals surface area contributed by atoms with Crippen molar-refractivity contribution in [3.8, 4) is 5.75 Å². The summed E-state index contributed by atoms with van der Waals surface area (Å²) in [5.74, 6) is 1.76. The standard InChI is InChI=1S/C26H31N5O4/c1-26(2,3)35-25(33)29-13-10-20-21(11-14-29)28-22-9-12-27-31(22)24(20)30-15-18(16-30)23(32)17-5-7-19(34-4)8-6-17/h5-9,12,18H,10-11,13-16H2,1-4H3. The Bertz CT molecular complexity index is 1260. The number of aromatic nitrogens is 3. The number of anilines is 1. The number of fused-ring (bicyclic) bond motifs is 2. The molecule has 0 aliphatic carbocycles. The highest BCUT2D eigenvalue weighted by atomic mass is 16.6. The second-order valence-corrected chi connectivity index (χ2v) is 10.1. The minimum atomic E-state index is -0.538. The molecule has 1 amide bonds. The first kappa shape index (κ1) is 23.1. The van der Waals surface area contributed by atoms with E-state index in [1.165, 1.54) is 0 Å². The number of nitrogens with zero attached hydrogens (tertiary/aromatic N) is 5. The van der Waals surface area contributed by atoms with Crippen LogP contribution in [-0.2, 0) is 17.6 Å². The zero-order valence-electron chi connectivity index (χ0n) is 20.7. The van der Waals surface area contributed by atoms with Crippen molar-refractivity contribution in [2.45, 2.75) is 39.2 Å². The van der Waals surface area contributed by atoms with Crippen LogP contribution in [0.5, 0.6) is 5.75 Å². The molecule has 2 aromatic heterocycles. The molecule has 35 heavy (non-hydrogen) atoms. The fourth-order valence-corrected chi connectivity index (χ4v) is 4.71. The van der Waals surface area contributed by atoms with Gasteiger partial charge in [0.15, 0.2) is 11.4 Å². The Morgan fingerprint density at radius 3 is 2.43 bits per heavy atom. The molecule has 9 heteroatoms. The van der Waals surface area contributed by atoms with Gasteiger partial charge in [-0.1, -0.05) is 0 Å². The number of ether oxygens (including phenoxy) is 2. The first-order valence-corrected chi connectivity index (χ1v) is 12.0. The topological polar surface area (TPSA) is 89.3 Å². The molecule has 4 heterocycles. The van der Waals surface area contributed by atoms with Crippen LogP contribution in [-0.4, -0.2) is 70.3 Å². The molecule has 3 aromatic rings. The summed E-state index contributed by atoms with van der Waals surface area (Å²) in [5.41, 5.74) is 2.99. The summed E-state index contributed by atoms with van der Waals surface area (Å²) < 4.78 is 12.7. The SMILES string of the molecule is COc1ccc(C(=O)C2CN(c3c4c(nc5ccnn35)CCN(C(=O)OC(C)(C)C)CC4)C2)cc1. The summed E-state index contributed by atoms with van der Waals surface area (Å²) >= 11 is 0. The molecule has 1 saturated heterocycles. The minimum absolute atomic E-state index is 0.0816. The Balaban J connectivity index is 1.36. The van der Waals surface area contributed by atoms with E-state index in [0.29, 0.717) is 44.6 Å². The Morgan fingerprint density at radius 1 is 1.03 bits per heavy atom. The lowest BCUT2D eigenvalue weighted by atomic mass is 9.90. The van der Waals surface area contributed by atoms with Crippen LogP contribution in [0, 0.1) is 5.92 Å². The summed E-state index contributed by atoms with van der Waals surface area (Å²) in [5, 5.41) is 4.52. The van der Waals surface area contributed by atoms with Crippen LogP contribution in [0.1, 0.15) is 42.4 Å². The van der Waals surface area contributed by atoms with Gasteiger partial charge in [-0.25, -0.2) is 9.78 Å². The van der Waals surface area contributed by atoms with Crippen molar-refractivity contribution in [1.29, 1.82) is 0 Å². The number of carbonyl (C=O) groups excluding carboxylic acids is 2. The van der Waals surface area contributed by atoms with E-state index in [4.69, 9.17) is 14.5 Å². The number of amides is 1. The zero-order valence-corrected chi connectivity index (χ0v) is 20.7. The van der Waals surface area contributed by atoms with Crippen molar-refractivity contribution in [2.75, 3.05) is 38.2 Å². The van der Waals surface area contributed by atoms with Gasteiger partial charge in [-0.3, -0.25) is 4.79 Å². The molecule has 0 atom stereocenters. The quantitative estimate of drug-likeness (QED) is 0.532. The summed E-state index contributed by atoms with van der Waals surface area (Å²) in [6.07, 6.45) is 2.74. The van der Waals surface area contributed by atoms with Crippen LogP contribution in [0.3, 0.4) is 0 Å². The first-order chi connectivity index (χ1) is 16.7. The largest absolute Gasteiger partial charge is 0.497 e. The molecule has 0 spiro atoms. The molecular weight excluding hydrogens is 446 g/mol. The van der Waals surface area contributed by atoms with E-state index in [1.807, 2.05) is 55.6 Å². The number of ketones is 1. The first-order valence-electron chi connectivity index (χ1n) is 12.0. The van der Waals surface area contributed by atoms with E-state index < -0.39 is 5.60 Å². The van der Waals surface area contributed by atoms with Gasteiger partial charge in [0.1, 0.15) is 17.2 Å². The Labute approximate surface area is 204 Å². The number of carbonyl (C=O) groups is 2. The van der Waals surface area contributed by atoms with Gasteiger partial charge in [-0.05, 0) is 51.5 Å². The fraction of sp³-hybridized carbons (Fsp3) is 0.462. The third kappa shape index (κ3) is 4.54. The molecule has 0 bridgehead atoms. The van der Waals surface area contributed by atoms with Gasteiger partial charge >= 0.3 is 6.09 Å². The maximum absolute atomic E-state index is 13.0. The molecule has 2 aliphatic rings. The van der Waals surface area contributed by atoms with Crippen molar-refractivity contribution in [3.63, 3.8) is 0 Å². The smallest absolute Gasteiger partial charge is 0.410 e. The van der Waals surface area contributed by atoms with E-state index in [9.17, 15) is 9.59 Å². The maximum Gasteiger partial charge on any atom is 0.410 e. The van der Waals surface area contributed by atoms with E-state index >= 15 is 0 Å². The van der Waals surface area contributed by atoms with Gasteiger partial charge in [-0.2, -0.15) is 9.61 Å². The van der Waals surface area contributed by atoms with E-state index in [-0.39, 0.29) is 17.8 Å². The third-order valence-corrected chi connectivity index (χ3v) is 6.52. The average molecular weight is 478 g/mol. The molecule has 0 N–H and O–H groups in total. The van der Waals surface area contributed by atoms with Crippen molar-refractivity contribution in [2.24, 2.45) is 5.92 Å². The normalized spacial score (nSPS) is 16.5. The van der Waals surface area contributed by atoms with E-state index in [2.05, 4.69) is 10.00 Å². The molecule has 1 aromatic carbocycles. The predicted octanol–water partition coefficient (Wildman–Crippen LogP) is 3.39. The van der Waals surface area contributed by atoms with Gasteiger partial charge < -0.3 is 19.3 Å². The molecule has 5 rings (SSSR count). The summed E-state index contributed by atoms with van der Waals surface area (Å²) in [4.78, 5) is 34.5. The summed E-state index contributed by atoms with van der Waals surface area (Å²) in [7, 11) is 1.61. The van der Waals surface area contributed by atoms with Crippen LogP contribution in [0.4, 0.5) is 10.6 Å². The predicted molar refractivity (Wildman–Crippen MR) is 131 cm³/mol. The highest BCUT2D eigenvalue weighted by molar-refractivity contribution is 5.99. The number of rotatable bonds is 4. The second-order valence-electron chi connectivity index (χ2n) is 10.1. The van der Waals surface area contributed by atoms with Crippen molar-refractivity contribution >= 4 is 23.3 Å². The van der Waals surface area contributed by atoms with Gasteiger partial charge in [0.25, 0.3) is 0 Å². The lowest BCUT2D eigenvalue weighted by Crippen LogP contribution is -2.51. The monoisotopic (exact) mass is 477 g/mol. The van der Waals surface area contributed by atoms with Crippen molar-refractivity contribution in [1.82, 2.24) is 19.5 Å². The van der Waals surface area contributed by atoms with Gasteiger partial charge in [0.05, 0.1) is 24.9 Å². The lowest BCUT2D eigenvalue weighted by molar-refractivity contribution is 0.0258. The molecule has 0 radical (unpaired) electrons. The van der Waals surface area contributed by atoms with Gasteiger partial charge in [0, 0.05) is 49.8 Å². The summed E-state index contributed by atoms with van der Waals surface area (Å²) in [6, 6.07) is 9.16.